The third-order valence-electron chi connectivity index (χ3n) is 1.87. The van der Waals surface area contributed by atoms with Crippen molar-refractivity contribution in [1.82, 2.24) is 0 Å². The second-order valence-electron chi connectivity index (χ2n) is 3.46. The van der Waals surface area contributed by atoms with E-state index < -0.39 is 27.2 Å². The molecule has 0 spiro atoms. The van der Waals surface area contributed by atoms with E-state index in [2.05, 4.69) is 0 Å². The van der Waals surface area contributed by atoms with Crippen molar-refractivity contribution in [3.8, 4) is 0 Å². The maximum Gasteiger partial charge on any atom is 0.177 e. The highest BCUT2D eigenvalue weighted by Crippen LogP contribution is 2.10. The highest BCUT2D eigenvalue weighted by molar-refractivity contribution is 7.91. The van der Waals surface area contributed by atoms with Crippen LogP contribution in [0, 0.1) is 12.7 Å². The Balaban J connectivity index is 2.98. The average molecular weight is 230 g/mol. The monoisotopic (exact) mass is 230 g/mol. The third-order valence-corrected chi connectivity index (χ3v) is 2.66. The Bertz CT molecular complexity index is 491. The lowest BCUT2D eigenvalue weighted by Crippen LogP contribution is -2.14. The largest absolute Gasteiger partial charge is 0.293 e. The Labute approximate surface area is 87.8 Å². The number of hydrogen-bond donors (Lipinski definition) is 0. The number of ketones is 1. The van der Waals surface area contributed by atoms with Crippen LogP contribution in [0.4, 0.5) is 4.39 Å². The van der Waals surface area contributed by atoms with Crippen molar-refractivity contribution in [3.63, 3.8) is 0 Å². The minimum atomic E-state index is -3.34. The predicted octanol–water partition coefficient (Wildman–Crippen LogP) is 1.36. The molecule has 0 aliphatic heterocycles. The molecule has 0 unspecified atom stereocenters. The second-order valence-corrected chi connectivity index (χ2v) is 5.60. The fraction of sp³-hybridized carbons (Fsp3) is 0.300. The second kappa shape index (κ2) is 4.10. The minimum absolute atomic E-state index is 0.222. The van der Waals surface area contributed by atoms with Gasteiger partial charge in [0, 0.05) is 11.8 Å². The molecule has 15 heavy (non-hydrogen) atoms. The molecule has 1 rings (SSSR count). The van der Waals surface area contributed by atoms with Crippen molar-refractivity contribution in [2.75, 3.05) is 12.0 Å². The summed E-state index contributed by atoms with van der Waals surface area (Å²) in [6.45, 7) is 1.52. The molecule has 0 aliphatic rings. The molecule has 0 saturated heterocycles. The van der Waals surface area contributed by atoms with Crippen molar-refractivity contribution >= 4 is 15.6 Å². The van der Waals surface area contributed by atoms with Crippen molar-refractivity contribution in [3.05, 3.63) is 35.1 Å². The molecule has 0 heterocycles. The molecular formula is C10H11FO3S. The fourth-order valence-corrected chi connectivity index (χ4v) is 1.78. The smallest absolute Gasteiger partial charge is 0.177 e. The van der Waals surface area contributed by atoms with Gasteiger partial charge >= 0.3 is 0 Å². The van der Waals surface area contributed by atoms with E-state index in [9.17, 15) is 17.6 Å². The molecule has 0 bridgehead atoms. The van der Waals surface area contributed by atoms with Crippen molar-refractivity contribution < 1.29 is 17.6 Å². The fourth-order valence-electron chi connectivity index (χ4n) is 1.14. The molecular weight excluding hydrogens is 219 g/mol. The lowest BCUT2D eigenvalue weighted by Gasteiger charge is -2.01. The van der Waals surface area contributed by atoms with Gasteiger partial charge in [0.15, 0.2) is 15.6 Å². The zero-order valence-corrected chi connectivity index (χ0v) is 9.27. The van der Waals surface area contributed by atoms with Gasteiger partial charge in [0.05, 0.1) is 0 Å². The van der Waals surface area contributed by atoms with E-state index in [0.717, 1.165) is 12.3 Å². The molecule has 1 aromatic rings. The summed E-state index contributed by atoms with van der Waals surface area (Å²) < 4.78 is 34.6. The molecule has 0 amide bonds. The van der Waals surface area contributed by atoms with Gasteiger partial charge in [0.25, 0.3) is 0 Å². The van der Waals surface area contributed by atoms with E-state index in [0.29, 0.717) is 5.56 Å². The Kier molecular flexibility index (Phi) is 3.24. The number of hydrogen-bond acceptors (Lipinski definition) is 3. The minimum Gasteiger partial charge on any atom is -0.293 e. The van der Waals surface area contributed by atoms with Crippen LogP contribution >= 0.6 is 0 Å². The van der Waals surface area contributed by atoms with E-state index in [1.807, 2.05) is 0 Å². The summed E-state index contributed by atoms with van der Waals surface area (Å²) in [5, 5.41) is 0. The van der Waals surface area contributed by atoms with Gasteiger partial charge in [-0.2, -0.15) is 0 Å². The Hall–Kier alpha value is -1.23. The summed E-state index contributed by atoms with van der Waals surface area (Å²) in [5.41, 5.74) is 0.550. The first-order valence-electron chi connectivity index (χ1n) is 4.26. The van der Waals surface area contributed by atoms with Gasteiger partial charge in [0.2, 0.25) is 0 Å². The molecule has 0 radical (unpaired) electrons. The molecule has 0 N–H and O–H groups in total. The Morgan fingerprint density at radius 2 is 2.00 bits per heavy atom. The van der Waals surface area contributed by atoms with Gasteiger partial charge in [-0.05, 0) is 30.7 Å². The van der Waals surface area contributed by atoms with Crippen LogP contribution in [-0.2, 0) is 9.84 Å². The van der Waals surface area contributed by atoms with Gasteiger partial charge < -0.3 is 0 Å². The molecule has 82 valence electrons. The van der Waals surface area contributed by atoms with Gasteiger partial charge in [-0.1, -0.05) is 0 Å². The maximum absolute atomic E-state index is 12.9. The van der Waals surface area contributed by atoms with Crippen molar-refractivity contribution in [2.45, 2.75) is 6.92 Å². The molecule has 0 fully saturated rings. The number of aryl methyl sites for hydroxylation is 1. The van der Waals surface area contributed by atoms with Gasteiger partial charge in [-0.3, -0.25) is 4.79 Å². The molecule has 5 heteroatoms. The van der Waals surface area contributed by atoms with E-state index in [1.54, 1.807) is 0 Å². The van der Waals surface area contributed by atoms with Gasteiger partial charge in [-0.15, -0.1) is 0 Å². The average Bonchev–Trinajstić information content (AvgIpc) is 2.06. The number of sulfone groups is 1. The Morgan fingerprint density at radius 1 is 1.40 bits per heavy atom. The summed E-state index contributed by atoms with van der Waals surface area (Å²) in [5.74, 6) is -1.47. The quantitative estimate of drug-likeness (QED) is 0.737. The van der Waals surface area contributed by atoms with Crippen LogP contribution in [0.15, 0.2) is 18.2 Å². The first kappa shape index (κ1) is 11.8. The van der Waals surface area contributed by atoms with Crippen LogP contribution in [0.5, 0.6) is 0 Å². The van der Waals surface area contributed by atoms with E-state index >= 15 is 0 Å². The van der Waals surface area contributed by atoms with Gasteiger partial charge in [0.1, 0.15) is 11.6 Å². The predicted molar refractivity (Wildman–Crippen MR) is 55.2 cm³/mol. The highest BCUT2D eigenvalue weighted by atomic mass is 32.2. The van der Waals surface area contributed by atoms with Crippen LogP contribution < -0.4 is 0 Å². The van der Waals surface area contributed by atoms with Gasteiger partial charge in [-0.25, -0.2) is 12.8 Å². The molecule has 0 saturated carbocycles. The normalized spacial score (nSPS) is 11.4. The third kappa shape index (κ3) is 3.43. The molecule has 0 aromatic heterocycles. The highest BCUT2D eigenvalue weighted by Gasteiger charge is 2.13. The number of carbonyl (C=O) groups excluding carboxylic acids is 1. The Morgan fingerprint density at radius 3 is 2.47 bits per heavy atom. The first-order valence-corrected chi connectivity index (χ1v) is 6.33. The lowest BCUT2D eigenvalue weighted by molar-refractivity contribution is 0.102. The van der Waals surface area contributed by atoms with E-state index in [-0.39, 0.29) is 5.56 Å². The lowest BCUT2D eigenvalue weighted by atomic mass is 10.1. The standard InChI is InChI=1S/C10H11FO3S/c1-7-5-8(3-4-9(7)11)10(12)6-15(2,13)14/h3-5H,6H2,1-2H3. The van der Waals surface area contributed by atoms with E-state index in [1.165, 1.54) is 19.1 Å². The molecule has 0 aliphatic carbocycles. The summed E-state index contributed by atoms with van der Waals surface area (Å²) in [4.78, 5) is 11.4. The van der Waals surface area contributed by atoms with Crippen LogP contribution in [-0.4, -0.2) is 26.2 Å². The summed E-state index contributed by atoms with van der Waals surface area (Å²) >= 11 is 0. The number of halogens is 1. The summed E-state index contributed by atoms with van der Waals surface area (Å²) in [6.07, 6.45) is 0.987. The topological polar surface area (TPSA) is 51.2 Å². The van der Waals surface area contributed by atoms with Crippen LogP contribution in [0.3, 0.4) is 0 Å². The molecule has 1 aromatic carbocycles. The van der Waals surface area contributed by atoms with Crippen LogP contribution in [0.2, 0.25) is 0 Å². The van der Waals surface area contributed by atoms with Crippen LogP contribution in [0.1, 0.15) is 15.9 Å². The van der Waals surface area contributed by atoms with Crippen molar-refractivity contribution in [2.24, 2.45) is 0 Å². The maximum atomic E-state index is 12.9. The number of carbonyl (C=O) groups is 1. The SMILES string of the molecule is Cc1cc(C(=O)CS(C)(=O)=O)ccc1F. The zero-order chi connectivity index (χ0) is 11.6. The summed E-state index contributed by atoms with van der Waals surface area (Å²) in [7, 11) is -3.34. The number of benzene rings is 1. The first-order chi connectivity index (χ1) is 6.79. The summed E-state index contributed by atoms with van der Waals surface area (Å²) in [6, 6.07) is 3.80. The van der Waals surface area contributed by atoms with Crippen LogP contribution in [0.25, 0.3) is 0 Å². The zero-order valence-electron chi connectivity index (χ0n) is 8.45. The molecule has 0 atom stereocenters. The number of Topliss-reactive ketones (excluding diaryl/α,β-unsaturated/α-hetero) is 1. The van der Waals surface area contributed by atoms with E-state index in [4.69, 9.17) is 0 Å². The van der Waals surface area contributed by atoms with Crippen molar-refractivity contribution in [1.29, 1.82) is 0 Å². The molecule has 3 nitrogen and oxygen atoms in total. The number of rotatable bonds is 3.